The molecule has 0 spiro atoms. The minimum Gasteiger partial charge on any atom is -0.450 e. The molecule has 0 aliphatic carbocycles. The molecular formula is C17H19ClN2O5. The fourth-order valence-electron chi connectivity index (χ4n) is 2.10. The monoisotopic (exact) mass is 366 g/mol. The summed E-state index contributed by atoms with van der Waals surface area (Å²) in [5.74, 6) is -1.31. The SMILES string of the molecule is Cc1c(C(=O)OCC(=O)NC(=O)NCC(C)C)oc2c(Cl)cccc12. The lowest BCUT2D eigenvalue weighted by Crippen LogP contribution is -2.42. The second kappa shape index (κ2) is 8.02. The van der Waals surface area contributed by atoms with Crippen LogP contribution in [0.25, 0.3) is 11.0 Å². The minimum atomic E-state index is -0.803. The Hall–Kier alpha value is -2.54. The zero-order chi connectivity index (χ0) is 18.6. The Kier molecular flexibility index (Phi) is 6.03. The molecule has 8 heteroatoms. The molecule has 0 unspecified atom stereocenters. The number of hydrogen-bond donors (Lipinski definition) is 2. The van der Waals surface area contributed by atoms with E-state index in [9.17, 15) is 14.4 Å². The molecule has 2 aromatic rings. The van der Waals surface area contributed by atoms with Gasteiger partial charge in [-0.15, -0.1) is 0 Å². The maximum absolute atomic E-state index is 12.1. The van der Waals surface area contributed by atoms with Gasteiger partial charge in [0.25, 0.3) is 5.91 Å². The number of amides is 3. The molecular weight excluding hydrogens is 348 g/mol. The van der Waals surface area contributed by atoms with Crippen LogP contribution in [0.3, 0.4) is 0 Å². The van der Waals surface area contributed by atoms with E-state index < -0.39 is 24.5 Å². The van der Waals surface area contributed by atoms with Crippen LogP contribution < -0.4 is 10.6 Å². The molecule has 7 nitrogen and oxygen atoms in total. The molecule has 0 aliphatic heterocycles. The van der Waals surface area contributed by atoms with Crippen LogP contribution in [0.4, 0.5) is 4.79 Å². The van der Waals surface area contributed by atoms with Crippen molar-refractivity contribution in [2.75, 3.05) is 13.2 Å². The van der Waals surface area contributed by atoms with E-state index in [4.69, 9.17) is 20.8 Å². The number of rotatable bonds is 5. The van der Waals surface area contributed by atoms with E-state index >= 15 is 0 Å². The van der Waals surface area contributed by atoms with Crippen LogP contribution in [0.1, 0.15) is 30.0 Å². The number of hydrogen-bond acceptors (Lipinski definition) is 5. The number of nitrogens with one attached hydrogen (secondary N) is 2. The Labute approximate surface area is 149 Å². The molecule has 0 aliphatic rings. The topological polar surface area (TPSA) is 97.6 Å². The molecule has 134 valence electrons. The Balaban J connectivity index is 1.94. The summed E-state index contributed by atoms with van der Waals surface area (Å²) in [5.41, 5.74) is 0.948. The van der Waals surface area contributed by atoms with E-state index in [1.165, 1.54) is 0 Å². The molecule has 1 heterocycles. The number of ether oxygens (including phenoxy) is 1. The van der Waals surface area contributed by atoms with Gasteiger partial charge in [0.1, 0.15) is 0 Å². The van der Waals surface area contributed by atoms with E-state index in [0.717, 1.165) is 0 Å². The Morgan fingerprint density at radius 2 is 2.00 bits per heavy atom. The summed E-state index contributed by atoms with van der Waals surface area (Å²) in [6.07, 6.45) is 0. The molecule has 1 aromatic carbocycles. The average molecular weight is 367 g/mol. The lowest BCUT2D eigenvalue weighted by Gasteiger charge is -2.08. The van der Waals surface area contributed by atoms with Crippen LogP contribution >= 0.6 is 11.6 Å². The number of para-hydroxylation sites is 1. The molecule has 0 radical (unpaired) electrons. The lowest BCUT2D eigenvalue weighted by molar-refractivity contribution is -0.123. The van der Waals surface area contributed by atoms with Gasteiger partial charge in [-0.3, -0.25) is 10.1 Å². The molecule has 0 fully saturated rings. The number of aryl methyl sites for hydroxylation is 1. The first-order valence-corrected chi connectivity index (χ1v) is 8.09. The van der Waals surface area contributed by atoms with Crippen LogP contribution in [0.5, 0.6) is 0 Å². The first-order valence-electron chi connectivity index (χ1n) is 7.72. The predicted molar refractivity (Wildman–Crippen MR) is 92.6 cm³/mol. The smallest absolute Gasteiger partial charge is 0.375 e. The fraction of sp³-hybridized carbons (Fsp3) is 0.353. The van der Waals surface area contributed by atoms with Gasteiger partial charge in [-0.25, -0.2) is 9.59 Å². The number of carbonyl (C=O) groups excluding carboxylic acids is 3. The number of halogens is 1. The normalized spacial score (nSPS) is 10.8. The molecule has 0 saturated heterocycles. The summed E-state index contributed by atoms with van der Waals surface area (Å²) in [6.45, 7) is 5.37. The third-order valence-corrected chi connectivity index (χ3v) is 3.66. The largest absolute Gasteiger partial charge is 0.450 e. The van der Waals surface area contributed by atoms with Crippen LogP contribution in [0.2, 0.25) is 5.02 Å². The summed E-state index contributed by atoms with van der Waals surface area (Å²) in [5, 5.41) is 5.66. The minimum absolute atomic E-state index is 0.0276. The van der Waals surface area contributed by atoms with Gasteiger partial charge in [0.05, 0.1) is 5.02 Å². The van der Waals surface area contributed by atoms with Crippen molar-refractivity contribution >= 4 is 40.5 Å². The van der Waals surface area contributed by atoms with Gasteiger partial charge in [0, 0.05) is 17.5 Å². The Morgan fingerprint density at radius 1 is 1.28 bits per heavy atom. The van der Waals surface area contributed by atoms with E-state index in [0.29, 0.717) is 28.1 Å². The van der Waals surface area contributed by atoms with Crippen LogP contribution in [0, 0.1) is 12.8 Å². The second-order valence-electron chi connectivity index (χ2n) is 5.90. The van der Waals surface area contributed by atoms with Gasteiger partial charge in [-0.1, -0.05) is 37.6 Å². The van der Waals surface area contributed by atoms with Crippen LogP contribution in [-0.4, -0.2) is 31.1 Å². The molecule has 3 amide bonds. The van der Waals surface area contributed by atoms with Crippen LogP contribution in [0.15, 0.2) is 22.6 Å². The van der Waals surface area contributed by atoms with E-state index in [1.807, 2.05) is 13.8 Å². The zero-order valence-electron chi connectivity index (χ0n) is 14.1. The van der Waals surface area contributed by atoms with Crippen molar-refractivity contribution in [3.63, 3.8) is 0 Å². The highest BCUT2D eigenvalue weighted by Crippen LogP contribution is 2.30. The van der Waals surface area contributed by atoms with Gasteiger partial charge < -0.3 is 14.5 Å². The third kappa shape index (κ3) is 4.73. The maximum atomic E-state index is 12.1. The summed E-state index contributed by atoms with van der Waals surface area (Å²) >= 11 is 6.03. The van der Waals surface area contributed by atoms with Crippen molar-refractivity contribution in [3.8, 4) is 0 Å². The van der Waals surface area contributed by atoms with Gasteiger partial charge in [-0.05, 0) is 18.9 Å². The summed E-state index contributed by atoms with van der Waals surface area (Å²) in [4.78, 5) is 35.2. The number of furan rings is 1. The number of esters is 1. The molecule has 1 aromatic heterocycles. The van der Waals surface area contributed by atoms with Crippen molar-refractivity contribution < 1.29 is 23.5 Å². The fourth-order valence-corrected chi connectivity index (χ4v) is 2.32. The van der Waals surface area contributed by atoms with Crippen molar-refractivity contribution in [2.45, 2.75) is 20.8 Å². The third-order valence-electron chi connectivity index (χ3n) is 3.36. The van der Waals surface area contributed by atoms with Crippen molar-refractivity contribution in [1.29, 1.82) is 0 Å². The number of urea groups is 1. The zero-order valence-corrected chi connectivity index (χ0v) is 14.9. The Bertz CT molecular complexity index is 813. The van der Waals surface area contributed by atoms with E-state index in [-0.39, 0.29) is 11.7 Å². The number of imide groups is 1. The maximum Gasteiger partial charge on any atom is 0.375 e. The molecule has 2 N–H and O–H groups in total. The lowest BCUT2D eigenvalue weighted by atomic mass is 10.1. The molecule has 0 bridgehead atoms. The summed E-state index contributed by atoms with van der Waals surface area (Å²) in [6, 6.07) is 4.51. The van der Waals surface area contributed by atoms with Gasteiger partial charge >= 0.3 is 12.0 Å². The number of fused-ring (bicyclic) bond motifs is 1. The van der Waals surface area contributed by atoms with Crippen molar-refractivity contribution in [3.05, 3.63) is 34.5 Å². The highest BCUT2D eigenvalue weighted by molar-refractivity contribution is 6.35. The highest BCUT2D eigenvalue weighted by Gasteiger charge is 2.21. The molecule has 0 atom stereocenters. The average Bonchev–Trinajstić information content (AvgIpc) is 2.89. The van der Waals surface area contributed by atoms with Gasteiger partial charge in [-0.2, -0.15) is 0 Å². The first-order chi connectivity index (χ1) is 11.8. The van der Waals surface area contributed by atoms with E-state index in [1.54, 1.807) is 25.1 Å². The summed E-state index contributed by atoms with van der Waals surface area (Å²) in [7, 11) is 0. The Morgan fingerprint density at radius 3 is 2.64 bits per heavy atom. The van der Waals surface area contributed by atoms with Crippen molar-refractivity contribution in [2.24, 2.45) is 5.92 Å². The van der Waals surface area contributed by atoms with Crippen molar-refractivity contribution in [1.82, 2.24) is 10.6 Å². The van der Waals surface area contributed by atoms with Gasteiger partial charge in [0.2, 0.25) is 5.76 Å². The summed E-state index contributed by atoms with van der Waals surface area (Å²) < 4.78 is 10.4. The standard InChI is InChI=1S/C17H19ClN2O5/c1-9(2)7-19-17(23)20-13(21)8-24-16(22)14-10(3)11-5-4-6-12(18)15(11)25-14/h4-6,9H,7-8H2,1-3H3,(H2,19,20,21,23). The number of carbonyl (C=O) groups is 3. The molecule has 2 rings (SSSR count). The quantitative estimate of drug-likeness (QED) is 0.792. The second-order valence-corrected chi connectivity index (χ2v) is 6.31. The number of benzene rings is 1. The predicted octanol–water partition coefficient (Wildman–Crippen LogP) is 3.03. The molecule has 25 heavy (non-hydrogen) atoms. The van der Waals surface area contributed by atoms with Crippen LogP contribution in [-0.2, 0) is 9.53 Å². The molecule has 0 saturated carbocycles. The first kappa shape index (κ1) is 18.8. The highest BCUT2D eigenvalue weighted by atomic mass is 35.5. The van der Waals surface area contributed by atoms with Gasteiger partial charge in [0.15, 0.2) is 12.2 Å². The van der Waals surface area contributed by atoms with E-state index in [2.05, 4.69) is 10.6 Å².